The number of allylic oxidation sites excluding steroid dienone is 4. The van der Waals surface area contributed by atoms with Gasteiger partial charge < -0.3 is 0 Å². The summed E-state index contributed by atoms with van der Waals surface area (Å²) in [6, 6.07) is 6.33. The quantitative estimate of drug-likeness (QED) is 0.499. The Morgan fingerprint density at radius 2 is 1.91 bits per heavy atom. The van der Waals surface area contributed by atoms with Crippen molar-refractivity contribution in [1.82, 2.24) is 9.78 Å². The molecule has 0 radical (unpaired) electrons. The van der Waals surface area contributed by atoms with Crippen molar-refractivity contribution < 1.29 is 4.39 Å². The van der Waals surface area contributed by atoms with Crippen molar-refractivity contribution >= 4 is 5.57 Å². The maximum atomic E-state index is 13.1. The SMILES string of the molecule is C=C(CC)CC=C(C(=C)C)c1cnn(-c2ccc(F)cc2)c1C. The van der Waals surface area contributed by atoms with E-state index < -0.39 is 0 Å². The van der Waals surface area contributed by atoms with Crippen molar-refractivity contribution in [3.63, 3.8) is 0 Å². The van der Waals surface area contributed by atoms with E-state index in [1.807, 2.05) is 24.7 Å². The molecule has 1 aromatic heterocycles. The summed E-state index contributed by atoms with van der Waals surface area (Å²) in [5.41, 5.74) is 6.17. The molecule has 0 spiro atoms. The minimum Gasteiger partial charge on any atom is -0.237 e. The fourth-order valence-corrected chi connectivity index (χ4v) is 2.42. The zero-order valence-corrected chi connectivity index (χ0v) is 14.1. The van der Waals surface area contributed by atoms with Gasteiger partial charge in [-0.3, -0.25) is 0 Å². The first-order valence-electron chi connectivity index (χ1n) is 7.77. The van der Waals surface area contributed by atoms with E-state index >= 15 is 0 Å². The molecule has 0 unspecified atom stereocenters. The smallest absolute Gasteiger partial charge is 0.123 e. The second kappa shape index (κ2) is 7.23. The normalized spacial score (nSPS) is 11.6. The van der Waals surface area contributed by atoms with Crippen LogP contribution in [0.2, 0.25) is 0 Å². The molecular formula is C20H23FN2. The fraction of sp³-hybridized carbons (Fsp3) is 0.250. The van der Waals surface area contributed by atoms with Crippen molar-refractivity contribution in [2.45, 2.75) is 33.6 Å². The molecule has 2 nitrogen and oxygen atoms in total. The summed E-state index contributed by atoms with van der Waals surface area (Å²) < 4.78 is 14.9. The summed E-state index contributed by atoms with van der Waals surface area (Å²) in [5, 5.41) is 4.46. The third kappa shape index (κ3) is 3.86. The molecule has 0 aliphatic heterocycles. The van der Waals surface area contributed by atoms with Crippen LogP contribution in [0.1, 0.15) is 37.9 Å². The van der Waals surface area contributed by atoms with Gasteiger partial charge in [-0.2, -0.15) is 5.10 Å². The standard InChI is InChI=1S/C20H23FN2/c1-6-15(4)7-12-19(14(2)3)20-13-22-23(16(20)5)18-10-8-17(21)9-11-18/h8-13H,2,4,6-7H2,1,3,5H3. The van der Waals surface area contributed by atoms with Crippen LogP contribution in [0.3, 0.4) is 0 Å². The third-order valence-corrected chi connectivity index (χ3v) is 3.93. The second-order valence-corrected chi connectivity index (χ2v) is 5.74. The molecule has 2 rings (SSSR count). The summed E-state index contributed by atoms with van der Waals surface area (Å²) >= 11 is 0. The number of nitrogens with zero attached hydrogens (tertiary/aromatic N) is 2. The lowest BCUT2D eigenvalue weighted by Gasteiger charge is -2.09. The average molecular weight is 310 g/mol. The summed E-state index contributed by atoms with van der Waals surface area (Å²) in [6.45, 7) is 14.2. The topological polar surface area (TPSA) is 17.8 Å². The Hall–Kier alpha value is -2.42. The van der Waals surface area contributed by atoms with Gasteiger partial charge in [0.2, 0.25) is 0 Å². The molecule has 0 fully saturated rings. The average Bonchev–Trinajstić information content (AvgIpc) is 2.89. The molecule has 1 heterocycles. The van der Waals surface area contributed by atoms with Crippen LogP contribution >= 0.6 is 0 Å². The Labute approximate surface area is 137 Å². The van der Waals surface area contributed by atoms with Crippen LogP contribution in [0.5, 0.6) is 0 Å². The van der Waals surface area contributed by atoms with E-state index in [1.165, 1.54) is 17.7 Å². The van der Waals surface area contributed by atoms with Gasteiger partial charge in [0.05, 0.1) is 11.9 Å². The minimum atomic E-state index is -0.251. The highest BCUT2D eigenvalue weighted by atomic mass is 19.1. The molecule has 0 saturated carbocycles. The van der Waals surface area contributed by atoms with Gasteiger partial charge in [-0.05, 0) is 56.5 Å². The Morgan fingerprint density at radius 3 is 2.48 bits per heavy atom. The van der Waals surface area contributed by atoms with Crippen molar-refractivity contribution in [2.24, 2.45) is 0 Å². The van der Waals surface area contributed by atoms with Gasteiger partial charge in [-0.15, -0.1) is 0 Å². The minimum absolute atomic E-state index is 0.251. The Bertz CT molecular complexity index is 748. The third-order valence-electron chi connectivity index (χ3n) is 3.93. The van der Waals surface area contributed by atoms with Crippen molar-refractivity contribution in [3.05, 3.63) is 77.9 Å². The lowest BCUT2D eigenvalue weighted by atomic mass is 9.98. The molecule has 0 amide bonds. The molecular weight excluding hydrogens is 287 g/mol. The molecule has 0 aliphatic carbocycles. The largest absolute Gasteiger partial charge is 0.237 e. The molecule has 120 valence electrons. The van der Waals surface area contributed by atoms with Crippen molar-refractivity contribution in [3.8, 4) is 5.69 Å². The van der Waals surface area contributed by atoms with Gasteiger partial charge >= 0.3 is 0 Å². The van der Waals surface area contributed by atoms with Crippen LogP contribution in [0.15, 0.2) is 60.8 Å². The second-order valence-electron chi connectivity index (χ2n) is 5.74. The van der Waals surface area contributed by atoms with Crippen LogP contribution < -0.4 is 0 Å². The molecule has 2 aromatic rings. The zero-order chi connectivity index (χ0) is 17.0. The Morgan fingerprint density at radius 1 is 1.26 bits per heavy atom. The predicted molar refractivity (Wildman–Crippen MR) is 95.1 cm³/mol. The lowest BCUT2D eigenvalue weighted by Crippen LogP contribution is -1.99. The van der Waals surface area contributed by atoms with E-state index in [2.05, 4.69) is 31.3 Å². The van der Waals surface area contributed by atoms with E-state index in [0.717, 1.165) is 40.9 Å². The van der Waals surface area contributed by atoms with E-state index in [1.54, 1.807) is 12.1 Å². The van der Waals surface area contributed by atoms with E-state index in [4.69, 9.17) is 0 Å². The van der Waals surface area contributed by atoms with Crippen molar-refractivity contribution in [1.29, 1.82) is 0 Å². The number of benzene rings is 1. The van der Waals surface area contributed by atoms with E-state index in [0.29, 0.717) is 0 Å². The predicted octanol–water partition coefficient (Wildman–Crippen LogP) is 5.64. The highest BCUT2D eigenvalue weighted by Gasteiger charge is 2.13. The maximum absolute atomic E-state index is 13.1. The van der Waals surface area contributed by atoms with Gasteiger partial charge in [0.15, 0.2) is 0 Å². The summed E-state index contributed by atoms with van der Waals surface area (Å²) in [7, 11) is 0. The highest BCUT2D eigenvalue weighted by molar-refractivity contribution is 5.79. The Kier molecular flexibility index (Phi) is 5.32. The zero-order valence-electron chi connectivity index (χ0n) is 14.1. The number of hydrogen-bond acceptors (Lipinski definition) is 1. The monoisotopic (exact) mass is 310 g/mol. The molecule has 0 bridgehead atoms. The molecule has 0 N–H and O–H groups in total. The van der Waals surface area contributed by atoms with Gasteiger partial charge in [0, 0.05) is 11.3 Å². The number of aromatic nitrogens is 2. The van der Waals surface area contributed by atoms with E-state index in [9.17, 15) is 4.39 Å². The van der Waals surface area contributed by atoms with Crippen LogP contribution in [0.25, 0.3) is 11.3 Å². The Balaban J connectivity index is 2.41. The van der Waals surface area contributed by atoms with Gasteiger partial charge in [-0.1, -0.05) is 37.3 Å². The molecule has 3 heteroatoms. The van der Waals surface area contributed by atoms with Gasteiger partial charge in [0.25, 0.3) is 0 Å². The molecule has 0 aliphatic rings. The fourth-order valence-electron chi connectivity index (χ4n) is 2.42. The number of halogens is 1. The molecule has 0 saturated heterocycles. The van der Waals surface area contributed by atoms with Crippen LogP contribution in [0.4, 0.5) is 4.39 Å². The molecule has 0 atom stereocenters. The molecule has 23 heavy (non-hydrogen) atoms. The lowest BCUT2D eigenvalue weighted by molar-refractivity contribution is 0.627. The van der Waals surface area contributed by atoms with Crippen LogP contribution in [0, 0.1) is 12.7 Å². The van der Waals surface area contributed by atoms with Gasteiger partial charge in [-0.25, -0.2) is 9.07 Å². The summed E-state index contributed by atoms with van der Waals surface area (Å²) in [5.74, 6) is -0.251. The first kappa shape index (κ1) is 16.9. The molecule has 1 aromatic carbocycles. The van der Waals surface area contributed by atoms with Crippen LogP contribution in [-0.2, 0) is 0 Å². The van der Waals surface area contributed by atoms with Crippen LogP contribution in [-0.4, -0.2) is 9.78 Å². The highest BCUT2D eigenvalue weighted by Crippen LogP contribution is 2.27. The number of hydrogen-bond donors (Lipinski definition) is 0. The number of rotatable bonds is 6. The van der Waals surface area contributed by atoms with Gasteiger partial charge in [0.1, 0.15) is 5.82 Å². The first-order chi connectivity index (χ1) is 10.9. The maximum Gasteiger partial charge on any atom is 0.123 e. The van der Waals surface area contributed by atoms with E-state index in [-0.39, 0.29) is 5.82 Å². The summed E-state index contributed by atoms with van der Waals surface area (Å²) in [4.78, 5) is 0. The summed E-state index contributed by atoms with van der Waals surface area (Å²) in [6.07, 6.45) is 5.80. The first-order valence-corrected chi connectivity index (χ1v) is 7.77. The van der Waals surface area contributed by atoms with Crippen molar-refractivity contribution in [2.75, 3.05) is 0 Å².